The van der Waals surface area contributed by atoms with Crippen molar-refractivity contribution < 1.29 is 29.4 Å². The standard InChI is InChI=1S/C28H38N4O6S/c1-39-16-14-23(28(37)38)32-27(36)24(18-19-7-3-2-4-8-19)31-25(34)9-5-6-15-30-26(35)22(29)17-20-10-12-21(33)13-11-20/h2-4,7-8,10-13,22-24,33H,5-6,9,14-18,29H2,1H3,(H,30,35)(H,31,34)(H,32,36)(H,37,38)/t22-,23-,24-/m0/s1. The molecule has 0 bridgehead atoms. The van der Waals surface area contributed by atoms with Gasteiger partial charge in [-0.2, -0.15) is 11.8 Å². The molecule has 0 aliphatic carbocycles. The van der Waals surface area contributed by atoms with E-state index in [4.69, 9.17) is 5.73 Å². The minimum atomic E-state index is -1.12. The van der Waals surface area contributed by atoms with Crippen molar-refractivity contribution in [1.29, 1.82) is 0 Å². The monoisotopic (exact) mass is 558 g/mol. The zero-order valence-electron chi connectivity index (χ0n) is 22.1. The van der Waals surface area contributed by atoms with Crippen molar-refractivity contribution in [2.24, 2.45) is 5.73 Å². The van der Waals surface area contributed by atoms with Crippen LogP contribution in [0.15, 0.2) is 54.6 Å². The quantitative estimate of drug-likeness (QED) is 0.159. The number of carbonyl (C=O) groups excluding carboxylic acids is 3. The number of phenolic OH excluding ortho intramolecular Hbond substituents is 1. The summed E-state index contributed by atoms with van der Waals surface area (Å²) >= 11 is 1.49. The van der Waals surface area contributed by atoms with Gasteiger partial charge in [-0.3, -0.25) is 14.4 Å². The molecule has 0 aliphatic heterocycles. The van der Waals surface area contributed by atoms with Gasteiger partial charge in [-0.05, 0) is 61.0 Å². The first-order chi connectivity index (χ1) is 18.7. The van der Waals surface area contributed by atoms with Gasteiger partial charge in [-0.15, -0.1) is 0 Å². The number of aromatic hydroxyl groups is 1. The van der Waals surface area contributed by atoms with Crippen molar-refractivity contribution in [3.05, 3.63) is 65.7 Å². The zero-order chi connectivity index (χ0) is 28.6. The Morgan fingerprint density at radius 3 is 2.18 bits per heavy atom. The van der Waals surface area contributed by atoms with E-state index in [0.717, 1.165) is 11.1 Å². The molecular weight excluding hydrogens is 520 g/mol. The summed E-state index contributed by atoms with van der Waals surface area (Å²) in [5.74, 6) is -1.59. The molecule has 0 saturated heterocycles. The predicted molar refractivity (Wildman–Crippen MR) is 151 cm³/mol. The summed E-state index contributed by atoms with van der Waals surface area (Å²) in [4.78, 5) is 49.4. The highest BCUT2D eigenvalue weighted by Crippen LogP contribution is 2.11. The molecule has 0 saturated carbocycles. The van der Waals surface area contributed by atoms with Gasteiger partial charge in [-0.25, -0.2) is 4.79 Å². The van der Waals surface area contributed by atoms with Crippen molar-refractivity contribution >= 4 is 35.5 Å². The SMILES string of the molecule is CSCC[C@H](NC(=O)[C@H](Cc1ccccc1)NC(=O)CCCCNC(=O)[C@@H](N)Cc1ccc(O)cc1)C(=O)O. The third-order valence-corrected chi connectivity index (χ3v) is 6.66. The van der Waals surface area contributed by atoms with Crippen molar-refractivity contribution in [2.45, 2.75) is 56.7 Å². The maximum atomic E-state index is 13.0. The molecule has 0 aliphatic rings. The van der Waals surface area contributed by atoms with Gasteiger partial charge < -0.3 is 31.9 Å². The Bertz CT molecular complexity index is 1070. The van der Waals surface area contributed by atoms with Gasteiger partial charge in [0.1, 0.15) is 17.8 Å². The molecule has 7 N–H and O–H groups in total. The smallest absolute Gasteiger partial charge is 0.326 e. The average molecular weight is 559 g/mol. The number of phenols is 1. The Hall–Kier alpha value is -3.57. The molecule has 2 aromatic rings. The third-order valence-electron chi connectivity index (χ3n) is 6.02. The summed E-state index contributed by atoms with van der Waals surface area (Å²) in [5.41, 5.74) is 7.63. The summed E-state index contributed by atoms with van der Waals surface area (Å²) in [6, 6.07) is 13.0. The number of hydrogen-bond acceptors (Lipinski definition) is 7. The number of benzene rings is 2. The average Bonchev–Trinajstić information content (AvgIpc) is 2.91. The summed E-state index contributed by atoms with van der Waals surface area (Å²) in [6.07, 6.45) is 3.85. The molecule has 0 heterocycles. The molecule has 0 unspecified atom stereocenters. The van der Waals surface area contributed by atoms with Gasteiger partial charge >= 0.3 is 5.97 Å². The molecule has 39 heavy (non-hydrogen) atoms. The van der Waals surface area contributed by atoms with E-state index in [1.807, 2.05) is 36.6 Å². The lowest BCUT2D eigenvalue weighted by Crippen LogP contribution is -2.52. The van der Waals surface area contributed by atoms with Crippen LogP contribution < -0.4 is 21.7 Å². The minimum Gasteiger partial charge on any atom is -0.508 e. The summed E-state index contributed by atoms with van der Waals surface area (Å²) < 4.78 is 0. The van der Waals surface area contributed by atoms with E-state index in [2.05, 4.69) is 16.0 Å². The van der Waals surface area contributed by atoms with Crippen molar-refractivity contribution in [3.63, 3.8) is 0 Å². The van der Waals surface area contributed by atoms with Crippen LogP contribution in [-0.2, 0) is 32.0 Å². The van der Waals surface area contributed by atoms with Crippen LogP contribution in [0.3, 0.4) is 0 Å². The normalized spacial score (nSPS) is 13.1. The van der Waals surface area contributed by atoms with Gasteiger partial charge in [0.15, 0.2) is 0 Å². The lowest BCUT2D eigenvalue weighted by Gasteiger charge is -2.21. The van der Waals surface area contributed by atoms with Gasteiger partial charge in [0.25, 0.3) is 0 Å². The fourth-order valence-corrected chi connectivity index (χ4v) is 4.29. The van der Waals surface area contributed by atoms with Crippen LogP contribution in [0, 0.1) is 0 Å². The fourth-order valence-electron chi connectivity index (χ4n) is 3.82. The Morgan fingerprint density at radius 1 is 0.872 bits per heavy atom. The van der Waals surface area contributed by atoms with Crippen LogP contribution in [0.4, 0.5) is 0 Å². The molecule has 0 radical (unpaired) electrons. The van der Waals surface area contributed by atoms with Gasteiger partial charge in [0.2, 0.25) is 17.7 Å². The second kappa shape index (κ2) is 17.1. The van der Waals surface area contributed by atoms with E-state index < -0.39 is 30.0 Å². The number of aliphatic carboxylic acids is 1. The lowest BCUT2D eigenvalue weighted by atomic mass is 10.0. The number of nitrogens with two attached hydrogens (primary N) is 1. The predicted octanol–water partition coefficient (Wildman–Crippen LogP) is 1.60. The Kier molecular flexibility index (Phi) is 13.9. The Morgan fingerprint density at radius 2 is 1.54 bits per heavy atom. The van der Waals surface area contributed by atoms with Crippen LogP contribution in [0.5, 0.6) is 5.75 Å². The molecule has 3 amide bonds. The molecule has 212 valence electrons. The van der Waals surface area contributed by atoms with Crippen LogP contribution in [0.2, 0.25) is 0 Å². The molecular formula is C28H38N4O6S. The largest absolute Gasteiger partial charge is 0.508 e. The van der Waals surface area contributed by atoms with E-state index in [0.29, 0.717) is 31.6 Å². The maximum Gasteiger partial charge on any atom is 0.326 e. The highest BCUT2D eigenvalue weighted by Gasteiger charge is 2.26. The zero-order valence-corrected chi connectivity index (χ0v) is 22.9. The van der Waals surface area contributed by atoms with Gasteiger partial charge in [0.05, 0.1) is 6.04 Å². The second-order valence-electron chi connectivity index (χ2n) is 9.22. The number of amides is 3. The van der Waals surface area contributed by atoms with E-state index in [1.54, 1.807) is 12.1 Å². The second-order valence-corrected chi connectivity index (χ2v) is 10.2. The number of unbranched alkanes of at least 4 members (excludes halogenated alkanes) is 1. The van der Waals surface area contributed by atoms with E-state index in [9.17, 15) is 29.4 Å². The molecule has 0 spiro atoms. The molecule has 2 rings (SSSR count). The van der Waals surface area contributed by atoms with Crippen LogP contribution in [0.1, 0.15) is 36.8 Å². The number of thioether (sulfide) groups is 1. The molecule has 11 heteroatoms. The van der Waals surface area contributed by atoms with Crippen LogP contribution in [-0.4, -0.2) is 70.6 Å². The maximum absolute atomic E-state index is 13.0. The first kappa shape index (κ1) is 31.6. The van der Waals surface area contributed by atoms with Crippen LogP contribution in [0.25, 0.3) is 0 Å². The number of hydrogen-bond donors (Lipinski definition) is 6. The molecule has 0 aromatic heterocycles. The highest BCUT2D eigenvalue weighted by atomic mass is 32.2. The van der Waals surface area contributed by atoms with Gasteiger partial charge in [0, 0.05) is 19.4 Å². The Labute approximate surface area is 233 Å². The highest BCUT2D eigenvalue weighted by molar-refractivity contribution is 7.98. The van der Waals surface area contributed by atoms with Crippen LogP contribution >= 0.6 is 11.8 Å². The third kappa shape index (κ3) is 12.2. The number of rotatable bonds is 17. The number of carboxylic acid groups (broad SMARTS) is 1. The van der Waals surface area contributed by atoms with Crippen molar-refractivity contribution in [3.8, 4) is 5.75 Å². The van der Waals surface area contributed by atoms with E-state index in [-0.39, 0.29) is 36.8 Å². The first-order valence-electron chi connectivity index (χ1n) is 12.9. The minimum absolute atomic E-state index is 0.142. The molecule has 0 fully saturated rings. The molecule has 10 nitrogen and oxygen atoms in total. The summed E-state index contributed by atoms with van der Waals surface area (Å²) in [6.45, 7) is 0.346. The lowest BCUT2D eigenvalue weighted by molar-refractivity contribution is -0.142. The number of carboxylic acids is 1. The number of nitrogens with one attached hydrogen (secondary N) is 3. The topological polar surface area (TPSA) is 171 Å². The summed E-state index contributed by atoms with van der Waals surface area (Å²) in [5, 5.41) is 26.9. The summed E-state index contributed by atoms with van der Waals surface area (Å²) in [7, 11) is 0. The first-order valence-corrected chi connectivity index (χ1v) is 14.3. The fraction of sp³-hybridized carbons (Fsp3) is 0.429. The van der Waals surface area contributed by atoms with Crippen molar-refractivity contribution in [2.75, 3.05) is 18.6 Å². The molecule has 3 atom stereocenters. The van der Waals surface area contributed by atoms with E-state index in [1.165, 1.54) is 23.9 Å². The van der Waals surface area contributed by atoms with Crippen molar-refractivity contribution in [1.82, 2.24) is 16.0 Å². The van der Waals surface area contributed by atoms with E-state index >= 15 is 0 Å². The number of carbonyl (C=O) groups is 4. The Balaban J connectivity index is 1.81. The molecule has 2 aromatic carbocycles. The van der Waals surface area contributed by atoms with Gasteiger partial charge in [-0.1, -0.05) is 42.5 Å².